The van der Waals surface area contributed by atoms with E-state index in [9.17, 15) is 0 Å². The summed E-state index contributed by atoms with van der Waals surface area (Å²) in [5, 5.41) is 0. The first-order valence-electron chi connectivity index (χ1n) is 5.58. The van der Waals surface area contributed by atoms with E-state index in [4.69, 9.17) is 0 Å². The van der Waals surface area contributed by atoms with Gasteiger partial charge < -0.3 is 4.90 Å². The second kappa shape index (κ2) is 3.95. The van der Waals surface area contributed by atoms with Crippen LogP contribution in [0.15, 0.2) is 30.3 Å². The van der Waals surface area contributed by atoms with Crippen molar-refractivity contribution in [2.75, 3.05) is 33.7 Å². The third-order valence-electron chi connectivity index (χ3n) is 3.63. The molecule has 0 amide bonds. The van der Waals surface area contributed by atoms with Crippen molar-refractivity contribution in [1.29, 1.82) is 0 Å². The van der Waals surface area contributed by atoms with Crippen LogP contribution in [0.25, 0.3) is 0 Å². The molecule has 0 bridgehead atoms. The van der Waals surface area contributed by atoms with Crippen molar-refractivity contribution in [3.8, 4) is 0 Å². The highest BCUT2D eigenvalue weighted by Crippen LogP contribution is 2.30. The molecule has 1 aromatic carbocycles. The zero-order valence-corrected chi connectivity index (χ0v) is 9.90. The lowest BCUT2D eigenvalue weighted by Gasteiger charge is -2.46. The summed E-state index contributed by atoms with van der Waals surface area (Å²) in [5.74, 6) is 0. The maximum Gasteiger partial charge on any atom is 0.0557 e. The number of hydrogen-bond donors (Lipinski definition) is 0. The normalized spacial score (nSPS) is 29.3. The molecular weight excluding hydrogens is 184 g/mol. The second-order valence-corrected chi connectivity index (χ2v) is 4.80. The first-order valence-corrected chi connectivity index (χ1v) is 5.58. The minimum absolute atomic E-state index is 0.161. The van der Waals surface area contributed by atoms with Crippen LogP contribution in [0.4, 0.5) is 0 Å². The highest BCUT2D eigenvalue weighted by Gasteiger charge is 2.35. The molecule has 1 fully saturated rings. The molecular formula is C13H20N2. The minimum Gasteiger partial charge on any atom is -0.303 e. The van der Waals surface area contributed by atoms with Gasteiger partial charge in [0.05, 0.1) is 5.54 Å². The number of piperazine rings is 1. The number of likely N-dealkylation sites (N-methyl/N-ethyl adjacent to an activating group) is 2. The molecule has 82 valence electrons. The second-order valence-electron chi connectivity index (χ2n) is 4.80. The van der Waals surface area contributed by atoms with Crippen molar-refractivity contribution in [2.45, 2.75) is 12.5 Å². The summed E-state index contributed by atoms with van der Waals surface area (Å²) in [4.78, 5) is 4.87. The van der Waals surface area contributed by atoms with Gasteiger partial charge in [-0.05, 0) is 26.6 Å². The molecule has 0 aliphatic carbocycles. The fourth-order valence-corrected chi connectivity index (χ4v) is 2.40. The summed E-state index contributed by atoms with van der Waals surface area (Å²) in [6, 6.07) is 10.8. The number of hydrogen-bond acceptors (Lipinski definition) is 2. The van der Waals surface area contributed by atoms with Crippen molar-refractivity contribution in [1.82, 2.24) is 9.80 Å². The molecule has 2 nitrogen and oxygen atoms in total. The average Bonchev–Trinajstić information content (AvgIpc) is 2.25. The van der Waals surface area contributed by atoms with E-state index < -0.39 is 0 Å². The van der Waals surface area contributed by atoms with Gasteiger partial charge in [-0.15, -0.1) is 0 Å². The van der Waals surface area contributed by atoms with E-state index in [1.54, 1.807) is 0 Å². The first kappa shape index (κ1) is 10.7. The van der Waals surface area contributed by atoms with E-state index in [-0.39, 0.29) is 5.54 Å². The molecule has 15 heavy (non-hydrogen) atoms. The Kier molecular flexibility index (Phi) is 2.81. The van der Waals surface area contributed by atoms with Crippen LogP contribution in [0.1, 0.15) is 12.5 Å². The summed E-state index contributed by atoms with van der Waals surface area (Å²) in [7, 11) is 4.42. The summed E-state index contributed by atoms with van der Waals surface area (Å²) < 4.78 is 0. The van der Waals surface area contributed by atoms with Crippen LogP contribution in [-0.2, 0) is 5.54 Å². The van der Waals surface area contributed by atoms with Crippen LogP contribution in [-0.4, -0.2) is 43.5 Å². The minimum atomic E-state index is 0.161. The molecule has 0 spiro atoms. The van der Waals surface area contributed by atoms with Gasteiger partial charge in [-0.25, -0.2) is 0 Å². The van der Waals surface area contributed by atoms with Crippen molar-refractivity contribution in [3.05, 3.63) is 35.9 Å². The van der Waals surface area contributed by atoms with E-state index in [1.165, 1.54) is 12.1 Å². The van der Waals surface area contributed by atoms with Gasteiger partial charge in [0.2, 0.25) is 0 Å². The predicted octanol–water partition coefficient (Wildman–Crippen LogP) is 1.78. The Morgan fingerprint density at radius 1 is 1.07 bits per heavy atom. The zero-order valence-electron chi connectivity index (χ0n) is 9.90. The maximum absolute atomic E-state index is 2.46. The number of benzene rings is 1. The Morgan fingerprint density at radius 3 is 2.40 bits per heavy atom. The fourth-order valence-electron chi connectivity index (χ4n) is 2.40. The van der Waals surface area contributed by atoms with E-state index >= 15 is 0 Å². The molecule has 1 atom stereocenters. The Morgan fingerprint density at radius 2 is 1.73 bits per heavy atom. The van der Waals surface area contributed by atoms with Crippen LogP contribution in [0.3, 0.4) is 0 Å². The zero-order chi connectivity index (χ0) is 10.9. The molecule has 0 radical (unpaired) electrons. The van der Waals surface area contributed by atoms with Crippen molar-refractivity contribution < 1.29 is 0 Å². The van der Waals surface area contributed by atoms with E-state index in [2.05, 4.69) is 61.2 Å². The van der Waals surface area contributed by atoms with Crippen LogP contribution in [0, 0.1) is 0 Å². The van der Waals surface area contributed by atoms with Crippen molar-refractivity contribution >= 4 is 0 Å². The molecule has 1 unspecified atom stereocenters. The predicted molar refractivity (Wildman–Crippen MR) is 63.9 cm³/mol. The molecule has 0 saturated carbocycles. The lowest BCUT2D eigenvalue weighted by Crippen LogP contribution is -2.56. The molecule has 1 saturated heterocycles. The van der Waals surface area contributed by atoms with Crippen LogP contribution in [0.5, 0.6) is 0 Å². The molecule has 0 N–H and O–H groups in total. The third kappa shape index (κ3) is 1.92. The standard InChI is InChI=1S/C13H20N2/c1-13(12-7-5-4-6-8-12)11-14(2)9-10-15(13)3/h4-8H,9-11H2,1-3H3. The van der Waals surface area contributed by atoms with Gasteiger partial charge in [-0.2, -0.15) is 0 Å². The van der Waals surface area contributed by atoms with Gasteiger partial charge >= 0.3 is 0 Å². The molecule has 0 aromatic heterocycles. The van der Waals surface area contributed by atoms with Gasteiger partial charge in [0.15, 0.2) is 0 Å². The number of rotatable bonds is 1. The van der Waals surface area contributed by atoms with Gasteiger partial charge in [-0.3, -0.25) is 4.90 Å². The van der Waals surface area contributed by atoms with Crippen LogP contribution >= 0.6 is 0 Å². The van der Waals surface area contributed by atoms with Gasteiger partial charge in [0.1, 0.15) is 0 Å². The highest BCUT2D eigenvalue weighted by molar-refractivity contribution is 5.24. The van der Waals surface area contributed by atoms with Gasteiger partial charge in [0, 0.05) is 19.6 Å². The van der Waals surface area contributed by atoms with Crippen molar-refractivity contribution in [2.24, 2.45) is 0 Å². The Bertz CT molecular complexity index is 323. The first-order chi connectivity index (χ1) is 7.13. The van der Waals surface area contributed by atoms with Crippen LogP contribution in [0.2, 0.25) is 0 Å². The molecule has 2 rings (SSSR count). The monoisotopic (exact) mass is 204 g/mol. The lowest BCUT2D eigenvalue weighted by atomic mass is 9.88. The van der Waals surface area contributed by atoms with Crippen LogP contribution < -0.4 is 0 Å². The van der Waals surface area contributed by atoms with Crippen molar-refractivity contribution in [3.63, 3.8) is 0 Å². The molecule has 1 aromatic rings. The lowest BCUT2D eigenvalue weighted by molar-refractivity contribution is 0.0380. The molecule has 1 aliphatic rings. The highest BCUT2D eigenvalue weighted by atomic mass is 15.3. The number of nitrogens with zero attached hydrogens (tertiary/aromatic N) is 2. The quantitative estimate of drug-likeness (QED) is 0.688. The summed E-state index contributed by atoms with van der Waals surface area (Å²) in [6.45, 7) is 5.74. The topological polar surface area (TPSA) is 6.48 Å². The fraction of sp³-hybridized carbons (Fsp3) is 0.538. The maximum atomic E-state index is 2.46. The van der Waals surface area contributed by atoms with Gasteiger partial charge in [-0.1, -0.05) is 30.3 Å². The smallest absolute Gasteiger partial charge is 0.0557 e. The van der Waals surface area contributed by atoms with E-state index in [1.807, 2.05) is 0 Å². The Balaban J connectivity index is 2.31. The SMILES string of the molecule is CN1CCN(C)C(C)(c2ccccc2)C1. The average molecular weight is 204 g/mol. The van der Waals surface area contributed by atoms with E-state index in [0.29, 0.717) is 0 Å². The third-order valence-corrected chi connectivity index (χ3v) is 3.63. The largest absolute Gasteiger partial charge is 0.303 e. The Labute approximate surface area is 92.5 Å². The summed E-state index contributed by atoms with van der Waals surface area (Å²) in [6.07, 6.45) is 0. The molecule has 2 heteroatoms. The Hall–Kier alpha value is -0.860. The molecule has 1 aliphatic heterocycles. The summed E-state index contributed by atoms with van der Waals surface area (Å²) in [5.41, 5.74) is 1.58. The van der Waals surface area contributed by atoms with Gasteiger partial charge in [0.25, 0.3) is 0 Å². The van der Waals surface area contributed by atoms with E-state index in [0.717, 1.165) is 13.1 Å². The molecule has 1 heterocycles. The summed E-state index contributed by atoms with van der Waals surface area (Å²) >= 11 is 0.